The molecular formula is C8H10ClN3. The summed E-state index contributed by atoms with van der Waals surface area (Å²) in [7, 11) is 0. The van der Waals surface area contributed by atoms with Crippen LogP contribution in [0, 0.1) is 0 Å². The fourth-order valence-electron chi connectivity index (χ4n) is 1.61. The van der Waals surface area contributed by atoms with Gasteiger partial charge in [0.15, 0.2) is 0 Å². The maximum atomic E-state index is 5.97. The van der Waals surface area contributed by atoms with Gasteiger partial charge in [-0.3, -0.25) is 0 Å². The van der Waals surface area contributed by atoms with Crippen molar-refractivity contribution in [1.29, 1.82) is 0 Å². The van der Waals surface area contributed by atoms with Gasteiger partial charge in [0.05, 0.1) is 5.02 Å². The van der Waals surface area contributed by atoms with Crippen LogP contribution in [0.1, 0.15) is 23.7 Å². The van der Waals surface area contributed by atoms with Gasteiger partial charge in [-0.1, -0.05) is 11.6 Å². The summed E-state index contributed by atoms with van der Waals surface area (Å²) >= 11 is 5.97. The smallest absolute Gasteiger partial charge is 0.125 e. The van der Waals surface area contributed by atoms with Crippen LogP contribution in [0.3, 0.4) is 0 Å². The van der Waals surface area contributed by atoms with E-state index in [0.29, 0.717) is 10.8 Å². The maximum absolute atomic E-state index is 5.97. The number of nitrogens with zero attached hydrogens (tertiary/aromatic N) is 1. The second-order valence-corrected chi connectivity index (χ2v) is 3.44. The van der Waals surface area contributed by atoms with Crippen molar-refractivity contribution in [2.75, 3.05) is 5.73 Å². The molecule has 3 nitrogen and oxygen atoms in total. The summed E-state index contributed by atoms with van der Waals surface area (Å²) in [6.07, 6.45) is 1.81. The standard InChI is InChI=1S/C8H10ClN3/c9-4-3-7(11)12-6-2-1-5(10)8(4)6/h3,5H,1-2,10H2,(H2,11,12). The van der Waals surface area contributed by atoms with E-state index in [1.165, 1.54) is 0 Å². The zero-order valence-corrected chi connectivity index (χ0v) is 7.30. The van der Waals surface area contributed by atoms with Crippen molar-refractivity contribution in [3.8, 4) is 0 Å². The quantitative estimate of drug-likeness (QED) is 0.637. The zero-order valence-electron chi connectivity index (χ0n) is 6.55. The number of pyridine rings is 1. The van der Waals surface area contributed by atoms with Crippen LogP contribution >= 0.6 is 11.6 Å². The molecule has 1 aromatic rings. The van der Waals surface area contributed by atoms with E-state index in [9.17, 15) is 0 Å². The molecule has 64 valence electrons. The first-order valence-corrected chi connectivity index (χ1v) is 4.26. The van der Waals surface area contributed by atoms with Gasteiger partial charge in [0.25, 0.3) is 0 Å². The Morgan fingerprint density at radius 2 is 2.33 bits per heavy atom. The molecule has 4 N–H and O–H groups in total. The Labute approximate surface area is 75.7 Å². The first-order valence-electron chi connectivity index (χ1n) is 3.89. The Morgan fingerprint density at radius 3 is 3.08 bits per heavy atom. The highest BCUT2D eigenvalue weighted by Crippen LogP contribution is 2.34. The molecule has 1 heterocycles. The topological polar surface area (TPSA) is 64.9 Å². The van der Waals surface area contributed by atoms with E-state index in [1.807, 2.05) is 0 Å². The fourth-order valence-corrected chi connectivity index (χ4v) is 1.97. The molecule has 1 unspecified atom stereocenters. The van der Waals surface area contributed by atoms with E-state index in [2.05, 4.69) is 4.98 Å². The summed E-state index contributed by atoms with van der Waals surface area (Å²) in [6, 6.07) is 1.70. The van der Waals surface area contributed by atoms with Crippen LogP contribution in [-0.4, -0.2) is 4.98 Å². The van der Waals surface area contributed by atoms with Crippen molar-refractivity contribution in [2.24, 2.45) is 5.73 Å². The molecule has 0 radical (unpaired) electrons. The van der Waals surface area contributed by atoms with Gasteiger partial charge in [-0.15, -0.1) is 0 Å². The summed E-state index contributed by atoms with van der Waals surface area (Å²) < 4.78 is 0. The molecule has 1 atom stereocenters. The molecule has 0 bridgehead atoms. The molecule has 0 aromatic carbocycles. The largest absolute Gasteiger partial charge is 0.384 e. The Hall–Kier alpha value is -0.800. The molecule has 1 aliphatic rings. The van der Waals surface area contributed by atoms with Crippen LogP contribution in [0.5, 0.6) is 0 Å². The van der Waals surface area contributed by atoms with Gasteiger partial charge in [-0.25, -0.2) is 4.98 Å². The molecule has 0 saturated heterocycles. The second-order valence-electron chi connectivity index (χ2n) is 3.03. The number of anilines is 1. The highest BCUT2D eigenvalue weighted by Gasteiger charge is 2.23. The average molecular weight is 184 g/mol. The minimum absolute atomic E-state index is 0.0422. The summed E-state index contributed by atoms with van der Waals surface area (Å²) in [5, 5.41) is 0.655. The summed E-state index contributed by atoms with van der Waals surface area (Å²) in [5.74, 6) is 0.479. The average Bonchev–Trinajstić information content (AvgIpc) is 2.31. The molecule has 2 rings (SSSR count). The van der Waals surface area contributed by atoms with Crippen molar-refractivity contribution in [2.45, 2.75) is 18.9 Å². The van der Waals surface area contributed by atoms with Crippen LogP contribution in [0.15, 0.2) is 6.07 Å². The first kappa shape index (κ1) is 7.83. The molecule has 0 spiro atoms. The Balaban J connectivity index is 2.60. The normalized spacial score (nSPS) is 21.0. The second kappa shape index (κ2) is 2.61. The van der Waals surface area contributed by atoms with Crippen molar-refractivity contribution < 1.29 is 0 Å². The minimum atomic E-state index is 0.0422. The van der Waals surface area contributed by atoms with Gasteiger partial charge in [0.2, 0.25) is 0 Å². The molecule has 12 heavy (non-hydrogen) atoms. The highest BCUT2D eigenvalue weighted by molar-refractivity contribution is 6.31. The van der Waals surface area contributed by atoms with E-state index < -0.39 is 0 Å². The third-order valence-electron chi connectivity index (χ3n) is 2.17. The number of rotatable bonds is 0. The Bertz CT molecular complexity index is 324. The Kier molecular flexibility index (Phi) is 1.70. The fraction of sp³-hybridized carbons (Fsp3) is 0.375. The van der Waals surface area contributed by atoms with E-state index in [4.69, 9.17) is 23.1 Å². The van der Waals surface area contributed by atoms with E-state index >= 15 is 0 Å². The Morgan fingerprint density at radius 1 is 1.58 bits per heavy atom. The third-order valence-corrected chi connectivity index (χ3v) is 2.48. The number of nitrogen functional groups attached to an aromatic ring is 1. The highest BCUT2D eigenvalue weighted by atomic mass is 35.5. The van der Waals surface area contributed by atoms with Gasteiger partial charge in [0, 0.05) is 17.3 Å². The molecule has 1 aliphatic carbocycles. The number of aromatic nitrogens is 1. The van der Waals surface area contributed by atoms with E-state index in [1.54, 1.807) is 6.07 Å². The maximum Gasteiger partial charge on any atom is 0.125 e. The molecule has 1 aromatic heterocycles. The molecule has 0 aliphatic heterocycles. The third kappa shape index (κ3) is 1.06. The molecule has 0 fully saturated rings. The van der Waals surface area contributed by atoms with Crippen LogP contribution in [0.2, 0.25) is 5.02 Å². The number of aryl methyl sites for hydroxylation is 1. The van der Waals surface area contributed by atoms with Crippen molar-refractivity contribution in [1.82, 2.24) is 4.98 Å². The van der Waals surface area contributed by atoms with E-state index in [0.717, 1.165) is 24.1 Å². The van der Waals surface area contributed by atoms with Gasteiger partial charge >= 0.3 is 0 Å². The molecule has 0 saturated carbocycles. The zero-order chi connectivity index (χ0) is 8.72. The lowest BCUT2D eigenvalue weighted by atomic mass is 10.1. The van der Waals surface area contributed by atoms with Crippen molar-refractivity contribution in [3.63, 3.8) is 0 Å². The van der Waals surface area contributed by atoms with Crippen molar-refractivity contribution in [3.05, 3.63) is 22.3 Å². The lowest BCUT2D eigenvalue weighted by Gasteiger charge is -2.06. The summed E-state index contributed by atoms with van der Waals surface area (Å²) in [5.41, 5.74) is 13.3. The number of nitrogens with two attached hydrogens (primary N) is 2. The van der Waals surface area contributed by atoms with Gasteiger partial charge < -0.3 is 11.5 Å². The lowest BCUT2D eigenvalue weighted by molar-refractivity contribution is 0.713. The van der Waals surface area contributed by atoms with E-state index in [-0.39, 0.29) is 6.04 Å². The van der Waals surface area contributed by atoms with Crippen LogP contribution in [0.25, 0.3) is 0 Å². The lowest BCUT2D eigenvalue weighted by Crippen LogP contribution is -2.06. The molecule has 0 amide bonds. The van der Waals surface area contributed by atoms with Crippen LogP contribution in [-0.2, 0) is 6.42 Å². The number of hydrogen-bond acceptors (Lipinski definition) is 3. The van der Waals surface area contributed by atoms with Crippen molar-refractivity contribution >= 4 is 17.4 Å². The van der Waals surface area contributed by atoms with Crippen LogP contribution in [0.4, 0.5) is 5.82 Å². The SMILES string of the molecule is Nc1cc(Cl)c2c(n1)CCC2N. The van der Waals surface area contributed by atoms with Crippen LogP contribution < -0.4 is 11.5 Å². The van der Waals surface area contributed by atoms with Gasteiger partial charge in [-0.05, 0) is 18.9 Å². The minimum Gasteiger partial charge on any atom is -0.384 e. The first-order chi connectivity index (χ1) is 5.68. The summed E-state index contributed by atoms with van der Waals surface area (Å²) in [6.45, 7) is 0. The number of fused-ring (bicyclic) bond motifs is 1. The number of halogens is 1. The molecule has 4 heteroatoms. The predicted octanol–water partition coefficient (Wildman–Crippen LogP) is 1.26. The van der Waals surface area contributed by atoms with Gasteiger partial charge in [-0.2, -0.15) is 0 Å². The monoisotopic (exact) mass is 183 g/mol. The summed E-state index contributed by atoms with van der Waals surface area (Å²) in [4.78, 5) is 4.18. The predicted molar refractivity (Wildman–Crippen MR) is 48.9 cm³/mol. The number of hydrogen-bond donors (Lipinski definition) is 2. The molecular weight excluding hydrogens is 174 g/mol. The van der Waals surface area contributed by atoms with Gasteiger partial charge in [0.1, 0.15) is 5.82 Å².